The number of allylic oxidation sites excluding steroid dienone is 2. The van der Waals surface area contributed by atoms with Crippen molar-refractivity contribution in [3.63, 3.8) is 0 Å². The Kier molecular flexibility index (Phi) is 43.6. The Labute approximate surface area is 349 Å². The summed E-state index contributed by atoms with van der Waals surface area (Å²) in [6.45, 7) is 6.48. The Balaban J connectivity index is 4.57. The molecule has 0 radical (unpaired) electrons. The molecule has 0 rings (SSSR count). The molecular formula is C50H97NO5. The predicted molar refractivity (Wildman–Crippen MR) is 241 cm³/mol. The van der Waals surface area contributed by atoms with Crippen molar-refractivity contribution >= 4 is 11.9 Å². The standard InChI is InChI=1S/C50H97NO5/c1-4-7-10-13-16-19-22-24-26-28-31-34-37-40-43-50(55)56-46(41-38-35-32-29-27-25-23-20-17-14-11-8-5-2)44-49(54)51-47(45-52)48(53)42-39-36-33-30-21-18-15-12-9-6-3/h26,28,46-48,52-53H,4-25,27,29-45H2,1-3H3,(H,51,54)/b28-26-. The van der Waals surface area contributed by atoms with Crippen molar-refractivity contribution in [2.75, 3.05) is 6.61 Å². The summed E-state index contributed by atoms with van der Waals surface area (Å²) in [5.41, 5.74) is 0. The number of nitrogens with one attached hydrogen (secondary N) is 1. The molecule has 0 aromatic carbocycles. The van der Waals surface area contributed by atoms with Crippen LogP contribution >= 0.6 is 0 Å². The van der Waals surface area contributed by atoms with E-state index >= 15 is 0 Å². The van der Waals surface area contributed by atoms with E-state index in [2.05, 4.69) is 38.2 Å². The van der Waals surface area contributed by atoms with E-state index in [4.69, 9.17) is 4.74 Å². The molecule has 6 heteroatoms. The zero-order valence-corrected chi connectivity index (χ0v) is 37.8. The van der Waals surface area contributed by atoms with Gasteiger partial charge in [0.2, 0.25) is 5.91 Å². The van der Waals surface area contributed by atoms with E-state index in [-0.39, 0.29) is 24.9 Å². The summed E-state index contributed by atoms with van der Waals surface area (Å²) in [4.78, 5) is 26.0. The van der Waals surface area contributed by atoms with Gasteiger partial charge in [-0.3, -0.25) is 9.59 Å². The summed E-state index contributed by atoms with van der Waals surface area (Å²) in [6.07, 6.45) is 48.4. The van der Waals surface area contributed by atoms with Gasteiger partial charge in [-0.05, 0) is 51.4 Å². The fourth-order valence-corrected chi connectivity index (χ4v) is 7.78. The van der Waals surface area contributed by atoms with Crippen LogP contribution in [0.3, 0.4) is 0 Å². The largest absolute Gasteiger partial charge is 0.462 e. The zero-order chi connectivity index (χ0) is 41.0. The van der Waals surface area contributed by atoms with E-state index < -0.39 is 18.2 Å². The molecule has 56 heavy (non-hydrogen) atoms. The van der Waals surface area contributed by atoms with E-state index in [1.165, 1.54) is 173 Å². The lowest BCUT2D eigenvalue weighted by Gasteiger charge is -2.24. The van der Waals surface area contributed by atoms with E-state index in [1.807, 2.05) is 0 Å². The van der Waals surface area contributed by atoms with Crippen molar-refractivity contribution in [1.29, 1.82) is 0 Å². The van der Waals surface area contributed by atoms with Gasteiger partial charge in [0.25, 0.3) is 0 Å². The maximum atomic E-state index is 13.2. The molecule has 0 heterocycles. The first kappa shape index (κ1) is 54.6. The van der Waals surface area contributed by atoms with Gasteiger partial charge in [-0.2, -0.15) is 0 Å². The smallest absolute Gasteiger partial charge is 0.306 e. The molecule has 3 N–H and O–H groups in total. The summed E-state index contributed by atoms with van der Waals surface area (Å²) >= 11 is 0. The van der Waals surface area contributed by atoms with Gasteiger partial charge >= 0.3 is 5.97 Å². The molecule has 3 unspecified atom stereocenters. The number of ether oxygens (including phenoxy) is 1. The first-order valence-electron chi connectivity index (χ1n) is 24.9. The number of carbonyl (C=O) groups is 2. The molecule has 0 fully saturated rings. The third-order valence-corrected chi connectivity index (χ3v) is 11.6. The Morgan fingerprint density at radius 2 is 0.857 bits per heavy atom. The summed E-state index contributed by atoms with van der Waals surface area (Å²) < 4.78 is 5.92. The average Bonchev–Trinajstić information content (AvgIpc) is 3.19. The second-order valence-electron chi connectivity index (χ2n) is 17.2. The monoisotopic (exact) mass is 792 g/mol. The van der Waals surface area contributed by atoms with E-state index in [0.717, 1.165) is 51.4 Å². The highest BCUT2D eigenvalue weighted by molar-refractivity contribution is 5.77. The topological polar surface area (TPSA) is 95.9 Å². The quantitative estimate of drug-likeness (QED) is 0.0324. The van der Waals surface area contributed by atoms with Crippen molar-refractivity contribution in [3.05, 3.63) is 12.2 Å². The van der Waals surface area contributed by atoms with Crippen LogP contribution in [-0.2, 0) is 14.3 Å². The molecule has 3 atom stereocenters. The molecule has 6 nitrogen and oxygen atoms in total. The minimum absolute atomic E-state index is 0.0784. The maximum absolute atomic E-state index is 13.2. The number of esters is 1. The number of hydrogen-bond acceptors (Lipinski definition) is 5. The van der Waals surface area contributed by atoms with Gasteiger partial charge in [-0.15, -0.1) is 0 Å². The molecular weight excluding hydrogens is 695 g/mol. The summed E-state index contributed by atoms with van der Waals surface area (Å²) in [7, 11) is 0. The van der Waals surface area contributed by atoms with Crippen LogP contribution in [0.1, 0.15) is 271 Å². The van der Waals surface area contributed by atoms with Gasteiger partial charge in [0, 0.05) is 6.42 Å². The van der Waals surface area contributed by atoms with E-state index in [1.54, 1.807) is 0 Å². The van der Waals surface area contributed by atoms with Crippen LogP contribution in [-0.4, -0.2) is 46.9 Å². The molecule has 0 aliphatic heterocycles. The third-order valence-electron chi connectivity index (χ3n) is 11.6. The fraction of sp³-hybridized carbons (Fsp3) is 0.920. The summed E-state index contributed by atoms with van der Waals surface area (Å²) in [6, 6.07) is -0.696. The van der Waals surface area contributed by atoms with Crippen LogP contribution in [0.4, 0.5) is 0 Å². The van der Waals surface area contributed by atoms with Gasteiger partial charge < -0.3 is 20.3 Å². The highest BCUT2D eigenvalue weighted by Crippen LogP contribution is 2.18. The van der Waals surface area contributed by atoms with Crippen molar-refractivity contribution in [2.24, 2.45) is 0 Å². The zero-order valence-electron chi connectivity index (χ0n) is 37.8. The fourth-order valence-electron chi connectivity index (χ4n) is 7.78. The van der Waals surface area contributed by atoms with Crippen molar-refractivity contribution in [3.8, 4) is 0 Å². The molecule has 0 bridgehead atoms. The molecule has 0 spiro atoms. The van der Waals surface area contributed by atoms with Crippen LogP contribution < -0.4 is 5.32 Å². The molecule has 0 saturated heterocycles. The van der Waals surface area contributed by atoms with Crippen LogP contribution in [0.2, 0.25) is 0 Å². The van der Waals surface area contributed by atoms with Gasteiger partial charge in [-0.25, -0.2) is 0 Å². The number of amides is 1. The maximum Gasteiger partial charge on any atom is 0.306 e. The lowest BCUT2D eigenvalue weighted by Crippen LogP contribution is -2.46. The minimum Gasteiger partial charge on any atom is -0.462 e. The second kappa shape index (κ2) is 44.7. The lowest BCUT2D eigenvalue weighted by molar-refractivity contribution is -0.151. The normalized spacial score (nSPS) is 13.3. The first-order chi connectivity index (χ1) is 27.5. The third kappa shape index (κ3) is 39.4. The second-order valence-corrected chi connectivity index (χ2v) is 17.2. The first-order valence-corrected chi connectivity index (χ1v) is 24.9. The lowest BCUT2D eigenvalue weighted by atomic mass is 10.0. The molecule has 0 aliphatic rings. The summed E-state index contributed by atoms with van der Waals surface area (Å²) in [5.74, 6) is -0.478. The van der Waals surface area contributed by atoms with E-state index in [0.29, 0.717) is 19.3 Å². The van der Waals surface area contributed by atoms with Crippen molar-refractivity contribution in [1.82, 2.24) is 5.32 Å². The highest BCUT2D eigenvalue weighted by atomic mass is 16.5. The number of rotatable bonds is 45. The van der Waals surface area contributed by atoms with Gasteiger partial charge in [0.1, 0.15) is 6.10 Å². The van der Waals surface area contributed by atoms with Crippen LogP contribution in [0, 0.1) is 0 Å². The number of unbranched alkanes of at least 4 members (excludes halogenated alkanes) is 31. The van der Waals surface area contributed by atoms with Crippen LogP contribution in [0.15, 0.2) is 12.2 Å². The summed E-state index contributed by atoms with van der Waals surface area (Å²) in [5, 5.41) is 23.7. The molecule has 0 aromatic rings. The van der Waals surface area contributed by atoms with E-state index in [9.17, 15) is 19.8 Å². The van der Waals surface area contributed by atoms with Gasteiger partial charge in [0.05, 0.1) is 25.2 Å². The van der Waals surface area contributed by atoms with Crippen molar-refractivity contribution in [2.45, 2.75) is 289 Å². The van der Waals surface area contributed by atoms with Crippen LogP contribution in [0.5, 0.6) is 0 Å². The van der Waals surface area contributed by atoms with Gasteiger partial charge in [0.15, 0.2) is 0 Å². The Morgan fingerprint density at radius 3 is 1.27 bits per heavy atom. The molecule has 332 valence electrons. The molecule has 1 amide bonds. The highest BCUT2D eigenvalue weighted by Gasteiger charge is 2.24. The SMILES string of the molecule is CCCCCCCCC/C=C\CCCCCC(=O)OC(CCCCCCCCCCCCCCC)CC(=O)NC(CO)C(O)CCCCCCCCCCCC. The van der Waals surface area contributed by atoms with Crippen molar-refractivity contribution < 1.29 is 24.5 Å². The number of carbonyl (C=O) groups excluding carboxylic acids is 2. The number of aliphatic hydroxyl groups excluding tert-OH is 2. The molecule has 0 saturated carbocycles. The molecule has 0 aromatic heterocycles. The Bertz CT molecular complexity index is 847. The molecule has 0 aliphatic carbocycles. The van der Waals surface area contributed by atoms with Crippen LogP contribution in [0.25, 0.3) is 0 Å². The minimum atomic E-state index is -0.782. The Hall–Kier alpha value is -1.40. The number of hydrogen-bond donors (Lipinski definition) is 3. The van der Waals surface area contributed by atoms with Gasteiger partial charge in [-0.1, -0.05) is 219 Å². The Morgan fingerprint density at radius 1 is 0.500 bits per heavy atom. The number of aliphatic hydroxyl groups is 2. The predicted octanol–water partition coefficient (Wildman–Crippen LogP) is 14.6. The average molecular weight is 792 g/mol.